The summed E-state index contributed by atoms with van der Waals surface area (Å²) in [6.07, 6.45) is 5.45. The molecule has 0 radical (unpaired) electrons. The third-order valence-electron chi connectivity index (χ3n) is 3.88. The predicted octanol–water partition coefficient (Wildman–Crippen LogP) is 2.87. The second-order valence-electron chi connectivity index (χ2n) is 6.41. The molecule has 0 aromatic rings. The summed E-state index contributed by atoms with van der Waals surface area (Å²) in [7, 11) is 0. The molecule has 0 aromatic heterocycles. The molecular weight excluding hydrogens is 196 g/mol. The Labute approximate surface area is 102 Å². The number of hydrogen-bond acceptors (Lipinski definition) is 2. The molecular formula is C14H30N2. The molecule has 16 heavy (non-hydrogen) atoms. The smallest absolute Gasteiger partial charge is 0.00981 e. The van der Waals surface area contributed by atoms with Gasteiger partial charge in [0.1, 0.15) is 0 Å². The lowest BCUT2D eigenvalue weighted by Gasteiger charge is -2.35. The number of rotatable bonds is 6. The van der Waals surface area contributed by atoms with Gasteiger partial charge in [-0.25, -0.2) is 0 Å². The lowest BCUT2D eigenvalue weighted by atomic mass is 9.92. The fourth-order valence-electron chi connectivity index (χ4n) is 2.80. The molecule has 2 unspecified atom stereocenters. The molecule has 0 amide bonds. The minimum Gasteiger partial charge on any atom is -0.330 e. The molecule has 2 nitrogen and oxygen atoms in total. The zero-order valence-electron chi connectivity index (χ0n) is 11.6. The van der Waals surface area contributed by atoms with Crippen LogP contribution in [0.25, 0.3) is 0 Å². The summed E-state index contributed by atoms with van der Waals surface area (Å²) in [5, 5.41) is 0. The maximum atomic E-state index is 5.85. The third kappa shape index (κ3) is 4.06. The Bertz CT molecular complexity index is 201. The summed E-state index contributed by atoms with van der Waals surface area (Å²) >= 11 is 0. The molecule has 1 aliphatic rings. The van der Waals surface area contributed by atoms with Crippen LogP contribution in [-0.4, -0.2) is 30.6 Å². The fourth-order valence-corrected chi connectivity index (χ4v) is 2.80. The van der Waals surface area contributed by atoms with E-state index in [-0.39, 0.29) is 5.41 Å². The average molecular weight is 226 g/mol. The summed E-state index contributed by atoms with van der Waals surface area (Å²) < 4.78 is 0. The summed E-state index contributed by atoms with van der Waals surface area (Å²) in [5.74, 6) is 0.922. The van der Waals surface area contributed by atoms with Crippen molar-refractivity contribution in [2.45, 2.75) is 59.4 Å². The Morgan fingerprint density at radius 3 is 2.44 bits per heavy atom. The van der Waals surface area contributed by atoms with Gasteiger partial charge in [0.25, 0.3) is 0 Å². The molecule has 1 fully saturated rings. The van der Waals surface area contributed by atoms with Gasteiger partial charge in [0, 0.05) is 12.6 Å². The van der Waals surface area contributed by atoms with Crippen molar-refractivity contribution in [3.8, 4) is 0 Å². The van der Waals surface area contributed by atoms with Crippen LogP contribution >= 0.6 is 0 Å². The zero-order valence-corrected chi connectivity index (χ0v) is 11.6. The Balaban J connectivity index is 2.53. The summed E-state index contributed by atoms with van der Waals surface area (Å²) in [6, 6.07) is 0.820. The van der Waals surface area contributed by atoms with E-state index in [4.69, 9.17) is 5.73 Å². The molecule has 96 valence electrons. The van der Waals surface area contributed by atoms with Crippen molar-refractivity contribution >= 4 is 0 Å². The molecule has 0 bridgehead atoms. The topological polar surface area (TPSA) is 29.3 Å². The Kier molecular flexibility index (Phi) is 5.26. The van der Waals surface area contributed by atoms with Gasteiger partial charge in [-0.15, -0.1) is 0 Å². The summed E-state index contributed by atoms with van der Waals surface area (Å²) in [6.45, 7) is 12.4. The van der Waals surface area contributed by atoms with E-state index in [1.54, 1.807) is 0 Å². The molecule has 0 aliphatic heterocycles. The van der Waals surface area contributed by atoms with Crippen LogP contribution < -0.4 is 5.73 Å². The van der Waals surface area contributed by atoms with E-state index in [0.717, 1.165) is 25.0 Å². The van der Waals surface area contributed by atoms with Gasteiger partial charge >= 0.3 is 0 Å². The van der Waals surface area contributed by atoms with E-state index in [0.29, 0.717) is 0 Å². The lowest BCUT2D eigenvalue weighted by Crippen LogP contribution is -2.43. The largest absolute Gasteiger partial charge is 0.330 e. The second kappa shape index (κ2) is 6.02. The second-order valence-corrected chi connectivity index (χ2v) is 6.41. The van der Waals surface area contributed by atoms with Crippen LogP contribution in [0, 0.1) is 11.3 Å². The van der Waals surface area contributed by atoms with E-state index >= 15 is 0 Å². The van der Waals surface area contributed by atoms with Gasteiger partial charge in [-0.2, -0.15) is 0 Å². The van der Waals surface area contributed by atoms with Gasteiger partial charge in [0.15, 0.2) is 0 Å². The average Bonchev–Trinajstić information content (AvgIpc) is 2.64. The van der Waals surface area contributed by atoms with Crippen LogP contribution in [0.4, 0.5) is 0 Å². The highest BCUT2D eigenvalue weighted by Gasteiger charge is 2.29. The Hall–Kier alpha value is -0.0800. The first-order valence-electron chi connectivity index (χ1n) is 6.92. The number of nitrogens with two attached hydrogens (primary N) is 1. The molecule has 1 aliphatic carbocycles. The van der Waals surface area contributed by atoms with Crippen LogP contribution in [-0.2, 0) is 0 Å². The predicted molar refractivity (Wildman–Crippen MR) is 71.5 cm³/mol. The van der Waals surface area contributed by atoms with E-state index in [1.165, 1.54) is 32.2 Å². The van der Waals surface area contributed by atoms with Crippen molar-refractivity contribution in [2.75, 3.05) is 19.6 Å². The Morgan fingerprint density at radius 1 is 1.31 bits per heavy atom. The van der Waals surface area contributed by atoms with Crippen LogP contribution in [0.15, 0.2) is 0 Å². The minimum absolute atomic E-state index is 0.265. The van der Waals surface area contributed by atoms with Crippen molar-refractivity contribution in [1.82, 2.24) is 4.90 Å². The molecule has 2 N–H and O–H groups in total. The molecule has 2 heteroatoms. The summed E-state index contributed by atoms with van der Waals surface area (Å²) in [4.78, 5) is 2.69. The van der Waals surface area contributed by atoms with Gasteiger partial charge in [0.05, 0.1) is 0 Å². The van der Waals surface area contributed by atoms with Crippen molar-refractivity contribution < 1.29 is 0 Å². The first-order chi connectivity index (χ1) is 7.48. The fraction of sp³-hybridized carbons (Fsp3) is 1.00. The zero-order chi connectivity index (χ0) is 12.2. The molecule has 0 heterocycles. The molecule has 0 spiro atoms. The van der Waals surface area contributed by atoms with Crippen LogP contribution in [0.1, 0.15) is 53.4 Å². The molecule has 0 saturated heterocycles. The normalized spacial score (nSPS) is 26.6. The van der Waals surface area contributed by atoms with Gasteiger partial charge < -0.3 is 5.73 Å². The highest BCUT2D eigenvalue weighted by molar-refractivity contribution is 4.84. The molecule has 0 aromatic carbocycles. The first-order valence-corrected chi connectivity index (χ1v) is 6.92. The lowest BCUT2D eigenvalue weighted by molar-refractivity contribution is 0.132. The van der Waals surface area contributed by atoms with E-state index in [9.17, 15) is 0 Å². The maximum absolute atomic E-state index is 5.85. The van der Waals surface area contributed by atoms with E-state index in [1.807, 2.05) is 0 Å². The first kappa shape index (κ1) is 14.0. The molecule has 1 saturated carbocycles. The standard InChI is InChI=1S/C14H30N2/c1-5-8-16(11-14(3,4)10-15)13-7-6-12(2)9-13/h12-13H,5-11,15H2,1-4H3. The monoisotopic (exact) mass is 226 g/mol. The quantitative estimate of drug-likeness (QED) is 0.754. The maximum Gasteiger partial charge on any atom is 0.00981 e. The SMILES string of the molecule is CCCN(CC(C)(C)CN)C1CCC(C)C1. The van der Waals surface area contributed by atoms with Gasteiger partial charge in [-0.3, -0.25) is 4.90 Å². The van der Waals surface area contributed by atoms with Crippen LogP contribution in [0.5, 0.6) is 0 Å². The highest BCUT2D eigenvalue weighted by Crippen LogP contribution is 2.30. The molecule has 1 rings (SSSR count). The Morgan fingerprint density at radius 2 is 2.00 bits per heavy atom. The van der Waals surface area contributed by atoms with E-state index in [2.05, 4.69) is 32.6 Å². The van der Waals surface area contributed by atoms with Gasteiger partial charge in [-0.1, -0.05) is 27.7 Å². The third-order valence-corrected chi connectivity index (χ3v) is 3.88. The minimum atomic E-state index is 0.265. The van der Waals surface area contributed by atoms with Crippen molar-refractivity contribution in [3.63, 3.8) is 0 Å². The van der Waals surface area contributed by atoms with Crippen molar-refractivity contribution in [3.05, 3.63) is 0 Å². The van der Waals surface area contributed by atoms with Crippen LogP contribution in [0.2, 0.25) is 0 Å². The van der Waals surface area contributed by atoms with Gasteiger partial charge in [0.2, 0.25) is 0 Å². The number of hydrogen-bond donors (Lipinski definition) is 1. The van der Waals surface area contributed by atoms with Gasteiger partial charge in [-0.05, 0) is 50.1 Å². The summed E-state index contributed by atoms with van der Waals surface area (Å²) in [5.41, 5.74) is 6.11. The van der Waals surface area contributed by atoms with Crippen molar-refractivity contribution in [2.24, 2.45) is 17.1 Å². The van der Waals surface area contributed by atoms with Crippen molar-refractivity contribution in [1.29, 1.82) is 0 Å². The highest BCUT2D eigenvalue weighted by atomic mass is 15.2. The number of nitrogens with zero attached hydrogens (tertiary/aromatic N) is 1. The molecule has 2 atom stereocenters. The van der Waals surface area contributed by atoms with E-state index < -0.39 is 0 Å². The van der Waals surface area contributed by atoms with Crippen LogP contribution in [0.3, 0.4) is 0 Å².